The molecule has 0 unspecified atom stereocenters. The van der Waals surface area contributed by atoms with Crippen molar-refractivity contribution in [2.45, 2.75) is 33.4 Å². The molecule has 23 heavy (non-hydrogen) atoms. The Kier molecular flexibility index (Phi) is 5.32. The number of nitro groups is 1. The van der Waals surface area contributed by atoms with Gasteiger partial charge in [-0.15, -0.1) is 0 Å². The van der Waals surface area contributed by atoms with Crippen LogP contribution in [0.25, 0.3) is 0 Å². The van der Waals surface area contributed by atoms with Crippen molar-refractivity contribution >= 4 is 23.3 Å². The van der Waals surface area contributed by atoms with Crippen LogP contribution in [0.15, 0.2) is 12.3 Å². The van der Waals surface area contributed by atoms with Gasteiger partial charge in [0.2, 0.25) is 5.91 Å². The molecule has 1 amide bonds. The number of aromatic nitrogens is 4. The zero-order chi connectivity index (χ0) is 17.0. The molecule has 2 heterocycles. The zero-order valence-electron chi connectivity index (χ0n) is 12.8. The fourth-order valence-electron chi connectivity index (χ4n) is 2.09. The number of hydrogen-bond acceptors (Lipinski definition) is 5. The Balaban J connectivity index is 1.74. The summed E-state index contributed by atoms with van der Waals surface area (Å²) in [7, 11) is 0. The fourth-order valence-corrected chi connectivity index (χ4v) is 2.22. The molecule has 2 aromatic rings. The summed E-state index contributed by atoms with van der Waals surface area (Å²) in [6.45, 7) is 4.80. The highest BCUT2D eigenvalue weighted by molar-refractivity contribution is 6.31. The number of carbonyl (C=O) groups is 1. The zero-order valence-corrected chi connectivity index (χ0v) is 13.6. The van der Waals surface area contributed by atoms with E-state index >= 15 is 0 Å². The van der Waals surface area contributed by atoms with Gasteiger partial charge in [0.05, 0.1) is 33.8 Å². The Labute approximate surface area is 137 Å². The number of nitrogens with one attached hydrogen (secondary N) is 1. The van der Waals surface area contributed by atoms with Crippen molar-refractivity contribution in [1.29, 1.82) is 0 Å². The highest BCUT2D eigenvalue weighted by atomic mass is 35.5. The minimum atomic E-state index is -0.603. The summed E-state index contributed by atoms with van der Waals surface area (Å²) >= 11 is 6.07. The maximum absolute atomic E-state index is 11.7. The van der Waals surface area contributed by atoms with E-state index in [1.54, 1.807) is 4.68 Å². The van der Waals surface area contributed by atoms with Crippen molar-refractivity contribution in [3.8, 4) is 0 Å². The number of rotatable bonds is 7. The van der Waals surface area contributed by atoms with Gasteiger partial charge in [-0.05, 0) is 25.2 Å². The summed E-state index contributed by atoms with van der Waals surface area (Å²) in [6.07, 6.45) is 2.10. The second kappa shape index (κ2) is 7.23. The first-order valence-electron chi connectivity index (χ1n) is 7.02. The summed E-state index contributed by atoms with van der Waals surface area (Å²) in [4.78, 5) is 21.6. The van der Waals surface area contributed by atoms with Gasteiger partial charge in [-0.3, -0.25) is 9.48 Å². The first-order chi connectivity index (χ1) is 10.9. The second-order valence-electron chi connectivity index (χ2n) is 5.04. The topological polar surface area (TPSA) is 108 Å². The number of nitrogens with zero attached hydrogens (tertiary/aromatic N) is 5. The Morgan fingerprint density at radius 3 is 2.74 bits per heavy atom. The molecule has 0 aliphatic heterocycles. The number of hydrogen-bond donors (Lipinski definition) is 1. The van der Waals surface area contributed by atoms with Gasteiger partial charge in [0.1, 0.15) is 6.54 Å². The predicted octanol–water partition coefficient (Wildman–Crippen LogP) is 1.46. The van der Waals surface area contributed by atoms with Gasteiger partial charge < -0.3 is 15.4 Å². The SMILES string of the molecule is Cc1nn(CCCNC(=O)Cn2ccc([N+](=O)[O-])n2)c(C)c1Cl. The summed E-state index contributed by atoms with van der Waals surface area (Å²) in [6, 6.07) is 1.25. The number of carbonyl (C=O) groups excluding carboxylic acids is 1. The number of halogens is 1. The number of amides is 1. The van der Waals surface area contributed by atoms with Crippen LogP contribution in [0.4, 0.5) is 5.82 Å². The summed E-state index contributed by atoms with van der Waals surface area (Å²) in [5.41, 5.74) is 1.69. The van der Waals surface area contributed by atoms with Gasteiger partial charge in [-0.1, -0.05) is 11.6 Å². The lowest BCUT2D eigenvalue weighted by atomic mass is 10.3. The Morgan fingerprint density at radius 2 is 2.17 bits per heavy atom. The van der Waals surface area contributed by atoms with E-state index in [2.05, 4.69) is 15.5 Å². The van der Waals surface area contributed by atoms with Gasteiger partial charge in [0, 0.05) is 13.1 Å². The minimum Gasteiger partial charge on any atom is -0.358 e. The van der Waals surface area contributed by atoms with E-state index in [0.717, 1.165) is 11.4 Å². The highest BCUT2D eigenvalue weighted by Crippen LogP contribution is 2.18. The second-order valence-corrected chi connectivity index (χ2v) is 5.42. The van der Waals surface area contributed by atoms with E-state index in [1.807, 2.05) is 13.8 Å². The van der Waals surface area contributed by atoms with Gasteiger partial charge in [-0.25, -0.2) is 0 Å². The van der Waals surface area contributed by atoms with Crippen molar-refractivity contribution in [3.63, 3.8) is 0 Å². The third kappa shape index (κ3) is 4.28. The average Bonchev–Trinajstić information content (AvgIpc) is 3.05. The Bertz CT molecular complexity index is 723. The molecule has 0 atom stereocenters. The normalized spacial score (nSPS) is 10.7. The molecule has 9 nitrogen and oxygen atoms in total. The van der Waals surface area contributed by atoms with Crippen LogP contribution in [-0.2, 0) is 17.9 Å². The van der Waals surface area contributed by atoms with Crippen LogP contribution in [-0.4, -0.2) is 36.9 Å². The molecule has 0 aliphatic rings. The van der Waals surface area contributed by atoms with Crippen molar-refractivity contribution in [2.75, 3.05) is 6.54 Å². The fraction of sp³-hybridized carbons (Fsp3) is 0.462. The third-order valence-electron chi connectivity index (χ3n) is 3.28. The molecule has 2 rings (SSSR count). The molecule has 0 aromatic carbocycles. The van der Waals surface area contributed by atoms with Crippen LogP contribution in [0.3, 0.4) is 0 Å². The molecule has 124 valence electrons. The molecule has 0 fully saturated rings. The molecule has 0 aliphatic carbocycles. The first-order valence-corrected chi connectivity index (χ1v) is 7.40. The lowest BCUT2D eigenvalue weighted by molar-refractivity contribution is -0.389. The molecular formula is C13H17ClN6O3. The van der Waals surface area contributed by atoms with Crippen LogP contribution in [0, 0.1) is 24.0 Å². The third-order valence-corrected chi connectivity index (χ3v) is 3.83. The van der Waals surface area contributed by atoms with Crippen molar-refractivity contribution < 1.29 is 9.72 Å². The average molecular weight is 341 g/mol. The largest absolute Gasteiger partial charge is 0.389 e. The van der Waals surface area contributed by atoms with E-state index < -0.39 is 4.92 Å². The Morgan fingerprint density at radius 1 is 1.43 bits per heavy atom. The van der Waals surface area contributed by atoms with Gasteiger partial charge in [0.25, 0.3) is 0 Å². The monoisotopic (exact) mass is 340 g/mol. The summed E-state index contributed by atoms with van der Waals surface area (Å²) in [5, 5.41) is 21.9. The smallest absolute Gasteiger partial charge is 0.358 e. The van der Waals surface area contributed by atoms with Gasteiger partial charge in [0.15, 0.2) is 0 Å². The van der Waals surface area contributed by atoms with Crippen molar-refractivity contribution in [3.05, 3.63) is 38.8 Å². The van der Waals surface area contributed by atoms with E-state index in [4.69, 9.17) is 11.6 Å². The van der Waals surface area contributed by atoms with Crippen LogP contribution in [0.2, 0.25) is 5.02 Å². The molecule has 0 spiro atoms. The van der Waals surface area contributed by atoms with Crippen LogP contribution >= 0.6 is 11.6 Å². The minimum absolute atomic E-state index is 0.0560. The molecule has 2 aromatic heterocycles. The maximum atomic E-state index is 11.7. The predicted molar refractivity (Wildman–Crippen MR) is 83.2 cm³/mol. The van der Waals surface area contributed by atoms with Crippen LogP contribution in [0.1, 0.15) is 17.8 Å². The molecule has 10 heteroatoms. The van der Waals surface area contributed by atoms with Crippen LogP contribution < -0.4 is 5.32 Å². The molecule has 0 saturated heterocycles. The van der Waals surface area contributed by atoms with E-state index in [1.165, 1.54) is 16.9 Å². The Hall–Kier alpha value is -2.42. The molecular weight excluding hydrogens is 324 g/mol. The lowest BCUT2D eigenvalue weighted by Crippen LogP contribution is -2.29. The lowest BCUT2D eigenvalue weighted by Gasteiger charge is -2.06. The highest BCUT2D eigenvalue weighted by Gasteiger charge is 2.13. The summed E-state index contributed by atoms with van der Waals surface area (Å²) < 4.78 is 3.04. The van der Waals surface area contributed by atoms with Gasteiger partial charge in [-0.2, -0.15) is 9.78 Å². The molecule has 0 radical (unpaired) electrons. The molecule has 0 saturated carbocycles. The quantitative estimate of drug-likeness (QED) is 0.466. The van der Waals surface area contributed by atoms with E-state index in [9.17, 15) is 14.9 Å². The standard InChI is InChI=1S/C13H17ClN6O3/c1-9-13(14)10(2)19(16-9)6-3-5-15-12(21)8-18-7-4-11(17-18)20(22)23/h4,7H,3,5-6,8H2,1-2H3,(H,15,21). The first kappa shape index (κ1) is 16.9. The maximum Gasteiger partial charge on any atom is 0.389 e. The number of aryl methyl sites for hydroxylation is 2. The molecule has 1 N–H and O–H groups in total. The van der Waals surface area contributed by atoms with Crippen LogP contribution in [0.5, 0.6) is 0 Å². The van der Waals surface area contributed by atoms with E-state index in [-0.39, 0.29) is 18.3 Å². The van der Waals surface area contributed by atoms with Crippen molar-refractivity contribution in [1.82, 2.24) is 24.9 Å². The summed E-state index contributed by atoms with van der Waals surface area (Å²) in [5.74, 6) is -0.534. The van der Waals surface area contributed by atoms with Crippen molar-refractivity contribution in [2.24, 2.45) is 0 Å². The van der Waals surface area contributed by atoms with Gasteiger partial charge >= 0.3 is 5.82 Å². The molecule has 0 bridgehead atoms. The van der Waals surface area contributed by atoms with E-state index in [0.29, 0.717) is 24.5 Å².